The topological polar surface area (TPSA) is 95.2 Å². The van der Waals surface area contributed by atoms with Gasteiger partial charge in [0.15, 0.2) is 4.90 Å². The Morgan fingerprint density at radius 2 is 2.00 bits per heavy atom. The van der Waals surface area contributed by atoms with Crippen molar-refractivity contribution in [2.24, 2.45) is 0 Å². The van der Waals surface area contributed by atoms with E-state index in [0.717, 1.165) is 12.3 Å². The molecule has 0 saturated heterocycles. The van der Waals surface area contributed by atoms with Crippen LogP contribution in [0.2, 0.25) is 0 Å². The molecule has 106 valence electrons. The first-order chi connectivity index (χ1) is 9.40. The molecule has 0 amide bonds. The Bertz CT molecular complexity index is 751. The summed E-state index contributed by atoms with van der Waals surface area (Å²) in [4.78, 5) is 19.7. The van der Waals surface area contributed by atoms with Crippen molar-refractivity contribution in [1.82, 2.24) is 9.97 Å². The molecular formula is C12H14N4O3S. The number of hydrogen-bond acceptors (Lipinski definition) is 5. The molecule has 2 heterocycles. The van der Waals surface area contributed by atoms with Gasteiger partial charge in [0, 0.05) is 32.6 Å². The van der Waals surface area contributed by atoms with E-state index in [9.17, 15) is 13.2 Å². The lowest BCUT2D eigenvalue weighted by Crippen LogP contribution is -2.21. The number of nitrogens with one attached hydrogen (secondary N) is 2. The van der Waals surface area contributed by atoms with Gasteiger partial charge in [0.05, 0.1) is 11.9 Å². The molecule has 0 aliphatic heterocycles. The first-order valence-corrected chi connectivity index (χ1v) is 7.22. The van der Waals surface area contributed by atoms with E-state index in [1.165, 1.54) is 12.4 Å². The van der Waals surface area contributed by atoms with E-state index in [2.05, 4.69) is 14.7 Å². The van der Waals surface area contributed by atoms with Crippen LogP contribution in [0.3, 0.4) is 0 Å². The molecule has 0 spiro atoms. The zero-order valence-corrected chi connectivity index (χ0v) is 11.8. The lowest BCUT2D eigenvalue weighted by Gasteiger charge is -2.12. The van der Waals surface area contributed by atoms with Gasteiger partial charge in [0.1, 0.15) is 5.82 Å². The summed E-state index contributed by atoms with van der Waals surface area (Å²) >= 11 is 0. The first kappa shape index (κ1) is 14.1. The minimum Gasteiger partial charge on any atom is -0.366 e. The molecular weight excluding hydrogens is 280 g/mol. The minimum atomic E-state index is -3.92. The second-order valence-corrected chi connectivity index (χ2v) is 5.93. The number of anilines is 2. The number of aromatic amines is 1. The molecule has 0 atom stereocenters. The average molecular weight is 294 g/mol. The Balaban J connectivity index is 2.29. The smallest absolute Gasteiger partial charge is 0.267 e. The Hall–Kier alpha value is -2.35. The quantitative estimate of drug-likeness (QED) is 0.862. The van der Waals surface area contributed by atoms with Crippen molar-refractivity contribution in [3.05, 3.63) is 47.0 Å². The molecule has 8 heteroatoms. The van der Waals surface area contributed by atoms with E-state index < -0.39 is 15.5 Å². The van der Waals surface area contributed by atoms with E-state index in [4.69, 9.17) is 0 Å². The maximum Gasteiger partial charge on any atom is 0.267 e. The molecule has 2 N–H and O–H groups in total. The normalized spacial score (nSPS) is 11.1. The highest BCUT2D eigenvalue weighted by molar-refractivity contribution is 7.92. The fraction of sp³-hybridized carbons (Fsp3) is 0.167. The summed E-state index contributed by atoms with van der Waals surface area (Å²) in [5.41, 5.74) is -0.284. The van der Waals surface area contributed by atoms with Gasteiger partial charge in [-0.1, -0.05) is 0 Å². The molecule has 0 saturated carbocycles. The maximum atomic E-state index is 12.1. The van der Waals surface area contributed by atoms with Crippen molar-refractivity contribution in [2.75, 3.05) is 23.7 Å². The van der Waals surface area contributed by atoms with Crippen LogP contribution >= 0.6 is 0 Å². The van der Waals surface area contributed by atoms with Gasteiger partial charge in [-0.25, -0.2) is 13.4 Å². The predicted octanol–water partition coefficient (Wildman–Crippen LogP) is 0.637. The van der Waals surface area contributed by atoms with Crippen LogP contribution in [0.5, 0.6) is 0 Å². The summed E-state index contributed by atoms with van der Waals surface area (Å²) in [6, 6.07) is 4.41. The molecule has 0 fully saturated rings. The monoisotopic (exact) mass is 294 g/mol. The van der Waals surface area contributed by atoms with Crippen LogP contribution in [0.1, 0.15) is 0 Å². The fourth-order valence-electron chi connectivity index (χ4n) is 1.53. The molecule has 0 aromatic carbocycles. The summed E-state index contributed by atoms with van der Waals surface area (Å²) in [7, 11) is -0.266. The van der Waals surface area contributed by atoms with Crippen molar-refractivity contribution in [3.63, 3.8) is 0 Å². The number of nitrogens with zero attached hydrogens (tertiary/aromatic N) is 2. The van der Waals surface area contributed by atoms with Crippen LogP contribution < -0.4 is 15.1 Å². The number of aromatic nitrogens is 2. The van der Waals surface area contributed by atoms with Gasteiger partial charge in [-0.15, -0.1) is 0 Å². The lowest BCUT2D eigenvalue weighted by molar-refractivity contribution is 0.600. The molecule has 0 aliphatic carbocycles. The number of pyridine rings is 2. The zero-order valence-electron chi connectivity index (χ0n) is 11.0. The Labute approximate surface area is 116 Å². The molecule has 0 unspecified atom stereocenters. The average Bonchev–Trinajstić information content (AvgIpc) is 2.39. The van der Waals surface area contributed by atoms with Crippen LogP contribution in [0.15, 0.2) is 46.5 Å². The SMILES string of the molecule is CN(C)c1ccc(NS(=O)(=O)c2c[nH]ccc2=O)cn1. The molecule has 2 rings (SSSR count). The Morgan fingerprint density at radius 1 is 1.25 bits per heavy atom. The number of rotatable bonds is 4. The maximum absolute atomic E-state index is 12.1. The van der Waals surface area contributed by atoms with Crippen molar-refractivity contribution >= 4 is 21.5 Å². The van der Waals surface area contributed by atoms with Crippen molar-refractivity contribution in [3.8, 4) is 0 Å². The van der Waals surface area contributed by atoms with E-state index in [0.29, 0.717) is 11.5 Å². The van der Waals surface area contributed by atoms with Crippen LogP contribution in [-0.2, 0) is 10.0 Å². The molecule has 0 bridgehead atoms. The molecule has 20 heavy (non-hydrogen) atoms. The van der Waals surface area contributed by atoms with Gasteiger partial charge in [0.25, 0.3) is 10.0 Å². The summed E-state index contributed by atoms with van der Waals surface area (Å²) in [6.45, 7) is 0. The minimum absolute atomic E-state index is 0.291. The standard InChI is InChI=1S/C12H14N4O3S/c1-16(2)12-4-3-9(7-14-12)15-20(18,19)11-8-13-6-5-10(11)17/h3-8,15H,1-2H3,(H,13,17). The molecule has 2 aromatic rings. The third-order valence-electron chi connectivity index (χ3n) is 2.54. The van der Waals surface area contributed by atoms with Gasteiger partial charge < -0.3 is 9.88 Å². The summed E-state index contributed by atoms with van der Waals surface area (Å²) in [5.74, 6) is 0.700. The number of hydrogen-bond donors (Lipinski definition) is 2. The lowest BCUT2D eigenvalue weighted by atomic mass is 10.4. The van der Waals surface area contributed by atoms with Crippen LogP contribution in [0, 0.1) is 0 Å². The highest BCUT2D eigenvalue weighted by Gasteiger charge is 2.17. The highest BCUT2D eigenvalue weighted by atomic mass is 32.2. The van der Waals surface area contributed by atoms with Gasteiger partial charge in [-0.05, 0) is 12.1 Å². The van der Waals surface area contributed by atoms with E-state index in [-0.39, 0.29) is 4.90 Å². The van der Waals surface area contributed by atoms with Gasteiger partial charge in [-0.2, -0.15) is 0 Å². The van der Waals surface area contributed by atoms with Gasteiger partial charge >= 0.3 is 0 Å². The summed E-state index contributed by atoms with van der Waals surface area (Å²) < 4.78 is 26.5. The number of H-pyrrole nitrogens is 1. The highest BCUT2D eigenvalue weighted by Crippen LogP contribution is 2.15. The molecule has 0 radical (unpaired) electrons. The second-order valence-electron chi connectivity index (χ2n) is 4.28. The first-order valence-electron chi connectivity index (χ1n) is 5.73. The van der Waals surface area contributed by atoms with Crippen molar-refractivity contribution in [1.29, 1.82) is 0 Å². The largest absolute Gasteiger partial charge is 0.366 e. The summed E-state index contributed by atoms with van der Waals surface area (Å²) in [6.07, 6.45) is 3.91. The van der Waals surface area contributed by atoms with Gasteiger partial charge in [-0.3, -0.25) is 9.52 Å². The van der Waals surface area contributed by atoms with E-state index in [1.807, 2.05) is 14.1 Å². The third kappa shape index (κ3) is 2.97. The van der Waals surface area contributed by atoms with E-state index in [1.54, 1.807) is 17.0 Å². The van der Waals surface area contributed by atoms with Crippen LogP contribution in [0.25, 0.3) is 0 Å². The predicted molar refractivity (Wildman–Crippen MR) is 76.4 cm³/mol. The van der Waals surface area contributed by atoms with Crippen molar-refractivity contribution < 1.29 is 8.42 Å². The molecule has 0 aliphatic rings. The van der Waals surface area contributed by atoms with E-state index >= 15 is 0 Å². The molecule has 7 nitrogen and oxygen atoms in total. The fourth-order valence-corrected chi connectivity index (χ4v) is 2.63. The van der Waals surface area contributed by atoms with Crippen LogP contribution in [0.4, 0.5) is 11.5 Å². The Morgan fingerprint density at radius 3 is 2.55 bits per heavy atom. The second kappa shape index (κ2) is 5.33. The Kier molecular flexibility index (Phi) is 3.75. The van der Waals surface area contributed by atoms with Gasteiger partial charge in [0.2, 0.25) is 5.43 Å². The summed E-state index contributed by atoms with van der Waals surface area (Å²) in [5, 5.41) is 0. The molecule has 2 aromatic heterocycles. The third-order valence-corrected chi connectivity index (χ3v) is 3.94. The van der Waals surface area contributed by atoms with Crippen molar-refractivity contribution in [2.45, 2.75) is 4.90 Å². The zero-order chi connectivity index (χ0) is 14.8. The number of sulfonamides is 1. The van der Waals surface area contributed by atoms with Crippen LogP contribution in [-0.4, -0.2) is 32.5 Å².